The van der Waals surface area contributed by atoms with Crippen LogP contribution in [-0.4, -0.2) is 16.1 Å². The van der Waals surface area contributed by atoms with Crippen LogP contribution in [0.3, 0.4) is 0 Å². The average molecular weight is 343 g/mol. The summed E-state index contributed by atoms with van der Waals surface area (Å²) in [6.45, 7) is 15.4. The third-order valence-electron chi connectivity index (χ3n) is 4.40. The molecule has 0 radical (unpaired) electrons. The molecule has 1 aromatic heterocycles. The largest absolute Gasteiger partial charge is 0.117 e. The van der Waals surface area contributed by atoms with Crippen molar-refractivity contribution in [3.05, 3.63) is 4.88 Å². The van der Waals surface area contributed by atoms with Crippen LogP contribution in [0.4, 0.5) is 0 Å². The third-order valence-corrected chi connectivity index (χ3v) is 14.2. The maximum atomic E-state index is 2.57. The molecule has 0 aromatic carbocycles. The summed E-state index contributed by atoms with van der Waals surface area (Å²) in [6.07, 6.45) is 8.80. The topological polar surface area (TPSA) is 0 Å². The van der Waals surface area contributed by atoms with Gasteiger partial charge in [0, 0.05) is 4.88 Å². The minimum absolute atomic E-state index is 0.908. The molecule has 1 heterocycles. The second-order valence-corrected chi connectivity index (χ2v) is 21.2. The van der Waals surface area contributed by atoms with Crippen LogP contribution in [0, 0.1) is 0 Å². The van der Waals surface area contributed by atoms with Gasteiger partial charge in [-0.1, -0.05) is 65.0 Å². The van der Waals surface area contributed by atoms with Crippen LogP contribution < -0.4 is 10.1 Å². The van der Waals surface area contributed by atoms with E-state index in [1.807, 2.05) is 15.0 Å². The van der Waals surface area contributed by atoms with Crippen molar-refractivity contribution >= 4 is 44.6 Å². The van der Waals surface area contributed by atoms with Gasteiger partial charge < -0.3 is 0 Å². The summed E-state index contributed by atoms with van der Waals surface area (Å²) in [7, 11) is 1.45. The van der Waals surface area contributed by atoms with Gasteiger partial charge in [-0.2, -0.15) is 0 Å². The molecular weight excluding hydrogens is 311 g/mol. The van der Waals surface area contributed by atoms with Crippen molar-refractivity contribution in [2.45, 2.75) is 83.7 Å². The first kappa shape index (κ1) is 16.9. The maximum Gasteiger partial charge on any atom is 0.0844 e. The molecular formula is C16H31PSSi2. The second-order valence-electron chi connectivity index (χ2n) is 8.46. The second kappa shape index (κ2) is 6.36. The molecule has 0 aliphatic heterocycles. The summed E-state index contributed by atoms with van der Waals surface area (Å²) in [6, 6.07) is 0. The SMILES string of the molecule is C[Si](C)(C)c1psc(C2CCCCCC2)c1[Si](C)(C)C. The van der Waals surface area contributed by atoms with Crippen molar-refractivity contribution in [1.29, 1.82) is 0 Å². The molecule has 20 heavy (non-hydrogen) atoms. The van der Waals surface area contributed by atoms with Gasteiger partial charge in [0.25, 0.3) is 0 Å². The lowest BCUT2D eigenvalue weighted by molar-refractivity contribution is 0.604. The molecule has 1 aliphatic rings. The van der Waals surface area contributed by atoms with Crippen molar-refractivity contribution in [2.75, 3.05) is 0 Å². The van der Waals surface area contributed by atoms with Crippen molar-refractivity contribution in [1.82, 2.24) is 0 Å². The zero-order chi connectivity index (χ0) is 15.0. The molecule has 0 spiro atoms. The van der Waals surface area contributed by atoms with E-state index >= 15 is 0 Å². The highest BCUT2D eigenvalue weighted by Gasteiger charge is 2.34. The smallest absolute Gasteiger partial charge is 0.0844 e. The van der Waals surface area contributed by atoms with E-state index in [1.165, 1.54) is 38.5 Å². The molecule has 1 fully saturated rings. The van der Waals surface area contributed by atoms with Crippen molar-refractivity contribution < 1.29 is 0 Å². The third kappa shape index (κ3) is 3.85. The Labute approximate surface area is 133 Å². The van der Waals surface area contributed by atoms with Gasteiger partial charge in [-0.25, -0.2) is 0 Å². The van der Waals surface area contributed by atoms with Crippen LogP contribution in [0.1, 0.15) is 49.3 Å². The Morgan fingerprint density at radius 2 is 1.40 bits per heavy atom. The van der Waals surface area contributed by atoms with E-state index in [2.05, 4.69) is 50.2 Å². The molecule has 2 rings (SSSR count). The molecule has 0 bridgehead atoms. The summed E-state index contributed by atoms with van der Waals surface area (Å²) < 4.78 is 0. The highest BCUT2D eigenvalue weighted by atomic mass is 32.5. The summed E-state index contributed by atoms with van der Waals surface area (Å²) in [5.41, 5.74) is 0. The minimum atomic E-state index is -1.21. The summed E-state index contributed by atoms with van der Waals surface area (Å²) in [5, 5.41) is 1.91. The molecule has 0 unspecified atom stereocenters. The van der Waals surface area contributed by atoms with E-state index in [-0.39, 0.29) is 0 Å². The van der Waals surface area contributed by atoms with E-state index < -0.39 is 16.1 Å². The zero-order valence-corrected chi connectivity index (χ0v) is 17.9. The Kier molecular flexibility index (Phi) is 5.38. The molecule has 114 valence electrons. The Morgan fingerprint density at radius 1 is 0.850 bits per heavy atom. The lowest BCUT2D eigenvalue weighted by Crippen LogP contribution is -2.55. The summed E-state index contributed by atoms with van der Waals surface area (Å²) in [5.74, 6) is 0.908. The highest BCUT2D eigenvalue weighted by Crippen LogP contribution is 2.37. The van der Waals surface area contributed by atoms with E-state index in [4.69, 9.17) is 0 Å². The van der Waals surface area contributed by atoms with Crippen LogP contribution in [0.25, 0.3) is 0 Å². The van der Waals surface area contributed by atoms with Crippen LogP contribution >= 0.6 is 18.3 Å². The fraction of sp³-hybridized carbons (Fsp3) is 0.812. The lowest BCUT2D eigenvalue weighted by Gasteiger charge is -2.27. The van der Waals surface area contributed by atoms with Gasteiger partial charge in [0.2, 0.25) is 0 Å². The standard InChI is InChI=1S/C16H31PSSi2/c1-19(2,3)15-14(13-11-9-7-8-10-12-13)18-17-16(15)20(4,5)6/h13H,7-12H2,1-6H3. The molecule has 4 heteroatoms. The number of hydrogen-bond acceptors (Lipinski definition) is 1. The van der Waals surface area contributed by atoms with Gasteiger partial charge in [-0.15, -0.1) is 10.9 Å². The van der Waals surface area contributed by atoms with E-state index in [0.29, 0.717) is 0 Å². The molecule has 0 saturated heterocycles. The van der Waals surface area contributed by atoms with Crippen LogP contribution in [0.5, 0.6) is 0 Å². The Hall–Kier alpha value is 0.564. The first-order valence-electron chi connectivity index (χ1n) is 8.22. The fourth-order valence-corrected chi connectivity index (χ4v) is 17.6. The lowest BCUT2D eigenvalue weighted by atomic mass is 9.99. The Bertz CT molecular complexity index is 446. The molecule has 0 N–H and O–H groups in total. The Balaban J connectivity index is 2.45. The van der Waals surface area contributed by atoms with Crippen molar-refractivity contribution in [3.8, 4) is 0 Å². The van der Waals surface area contributed by atoms with Crippen LogP contribution in [-0.2, 0) is 0 Å². The molecule has 1 aliphatic carbocycles. The monoisotopic (exact) mass is 342 g/mol. The van der Waals surface area contributed by atoms with Crippen molar-refractivity contribution in [3.63, 3.8) is 0 Å². The first-order valence-corrected chi connectivity index (χ1v) is 17.5. The van der Waals surface area contributed by atoms with Crippen LogP contribution in [0.2, 0.25) is 39.3 Å². The molecule has 0 nitrogen and oxygen atoms in total. The summed E-state index contributed by atoms with van der Waals surface area (Å²) >= 11 is 0. The highest BCUT2D eigenvalue weighted by molar-refractivity contribution is 7.85. The van der Waals surface area contributed by atoms with Gasteiger partial charge in [-0.05, 0) is 36.2 Å². The Morgan fingerprint density at radius 3 is 1.85 bits per heavy atom. The maximum absolute atomic E-state index is 2.57. The van der Waals surface area contributed by atoms with E-state index in [0.717, 1.165) is 5.92 Å². The number of hydrogen-bond donors (Lipinski definition) is 0. The molecule has 1 saturated carbocycles. The van der Waals surface area contributed by atoms with Gasteiger partial charge >= 0.3 is 0 Å². The predicted octanol–water partition coefficient (Wildman–Crippen LogP) is 5.86. The quantitative estimate of drug-likeness (QED) is 0.477. The zero-order valence-electron chi connectivity index (χ0n) is 14.2. The summed E-state index contributed by atoms with van der Waals surface area (Å²) in [4.78, 5) is 3.74. The van der Waals surface area contributed by atoms with Gasteiger partial charge in [0.05, 0.1) is 16.1 Å². The van der Waals surface area contributed by atoms with E-state index in [9.17, 15) is 0 Å². The van der Waals surface area contributed by atoms with Gasteiger partial charge in [0.15, 0.2) is 0 Å². The van der Waals surface area contributed by atoms with Crippen LogP contribution in [0.15, 0.2) is 0 Å². The van der Waals surface area contributed by atoms with E-state index in [1.54, 1.807) is 7.37 Å². The minimum Gasteiger partial charge on any atom is -0.117 e. The average Bonchev–Trinajstić information content (AvgIpc) is 2.59. The predicted molar refractivity (Wildman–Crippen MR) is 103 cm³/mol. The number of rotatable bonds is 3. The normalized spacial score (nSPS) is 19.5. The first-order chi connectivity index (χ1) is 9.21. The molecule has 0 atom stereocenters. The molecule has 0 amide bonds. The van der Waals surface area contributed by atoms with Crippen molar-refractivity contribution in [2.24, 2.45) is 0 Å². The van der Waals surface area contributed by atoms with Gasteiger partial charge in [0.1, 0.15) is 0 Å². The van der Waals surface area contributed by atoms with Gasteiger partial charge in [-0.3, -0.25) is 0 Å². The fourth-order valence-electron chi connectivity index (χ4n) is 3.36. The molecule has 1 aromatic rings.